The molecule has 0 bridgehead atoms. The lowest BCUT2D eigenvalue weighted by atomic mass is 10.0. The molecule has 0 saturated heterocycles. The number of halogens is 3. The van der Waals surface area contributed by atoms with E-state index in [-0.39, 0.29) is 6.04 Å². The van der Waals surface area contributed by atoms with Crippen molar-refractivity contribution in [2.24, 2.45) is 5.73 Å². The topological polar surface area (TPSA) is 44.5 Å². The van der Waals surface area contributed by atoms with E-state index < -0.39 is 0 Å². The molecular formula is C13H10Br3NO2S. The van der Waals surface area contributed by atoms with E-state index in [1.54, 1.807) is 11.3 Å². The van der Waals surface area contributed by atoms with E-state index in [9.17, 15) is 0 Å². The molecule has 1 unspecified atom stereocenters. The van der Waals surface area contributed by atoms with Crippen LogP contribution in [-0.2, 0) is 0 Å². The minimum Gasteiger partial charge on any atom is -0.486 e. The van der Waals surface area contributed by atoms with Crippen LogP contribution in [-0.4, -0.2) is 13.2 Å². The number of benzene rings is 1. The van der Waals surface area contributed by atoms with Crippen LogP contribution in [0.15, 0.2) is 30.2 Å². The van der Waals surface area contributed by atoms with Crippen LogP contribution in [0.1, 0.15) is 17.2 Å². The van der Waals surface area contributed by atoms with Gasteiger partial charge in [-0.25, -0.2) is 0 Å². The Bertz CT molecular complexity index is 659. The van der Waals surface area contributed by atoms with Gasteiger partial charge in [-0.15, -0.1) is 11.3 Å². The van der Waals surface area contributed by atoms with Gasteiger partial charge in [0.2, 0.25) is 0 Å². The lowest BCUT2D eigenvalue weighted by molar-refractivity contribution is 0.171. The standard InChI is InChI=1S/C13H10Br3NO2S/c14-8-5-10-9(18-1-2-19-10)3-6(8)12(17)7-4-11(15)20-13(7)16/h3-5,12H,1-2,17H2. The van der Waals surface area contributed by atoms with Gasteiger partial charge in [0.05, 0.1) is 13.6 Å². The molecule has 20 heavy (non-hydrogen) atoms. The van der Waals surface area contributed by atoms with Gasteiger partial charge in [0.1, 0.15) is 13.2 Å². The lowest BCUT2D eigenvalue weighted by Crippen LogP contribution is -2.17. The van der Waals surface area contributed by atoms with Crippen molar-refractivity contribution in [2.45, 2.75) is 6.04 Å². The Labute approximate surface area is 145 Å². The van der Waals surface area contributed by atoms with E-state index in [1.807, 2.05) is 18.2 Å². The first kappa shape index (κ1) is 14.8. The second kappa shape index (κ2) is 5.96. The third kappa shape index (κ3) is 2.78. The van der Waals surface area contributed by atoms with Gasteiger partial charge in [-0.2, -0.15) is 0 Å². The number of nitrogens with two attached hydrogens (primary N) is 1. The van der Waals surface area contributed by atoms with E-state index in [2.05, 4.69) is 47.8 Å². The summed E-state index contributed by atoms with van der Waals surface area (Å²) in [5, 5.41) is 0. The molecule has 1 aromatic heterocycles. The molecule has 3 rings (SSSR count). The molecule has 3 nitrogen and oxygen atoms in total. The molecule has 2 aromatic rings. The van der Waals surface area contributed by atoms with Gasteiger partial charge in [0.25, 0.3) is 0 Å². The summed E-state index contributed by atoms with van der Waals surface area (Å²) in [4.78, 5) is 0. The van der Waals surface area contributed by atoms with E-state index >= 15 is 0 Å². The van der Waals surface area contributed by atoms with Gasteiger partial charge in [-0.05, 0) is 61.2 Å². The fourth-order valence-corrected chi connectivity index (χ4v) is 5.55. The summed E-state index contributed by atoms with van der Waals surface area (Å²) in [5.41, 5.74) is 8.41. The van der Waals surface area contributed by atoms with Gasteiger partial charge in [-0.3, -0.25) is 0 Å². The van der Waals surface area contributed by atoms with Crippen molar-refractivity contribution in [3.63, 3.8) is 0 Å². The van der Waals surface area contributed by atoms with Gasteiger partial charge in [0.15, 0.2) is 11.5 Å². The van der Waals surface area contributed by atoms with Gasteiger partial charge >= 0.3 is 0 Å². The molecule has 2 heterocycles. The van der Waals surface area contributed by atoms with E-state index in [4.69, 9.17) is 15.2 Å². The summed E-state index contributed by atoms with van der Waals surface area (Å²) in [7, 11) is 0. The quantitative estimate of drug-likeness (QED) is 0.663. The first-order valence-corrected chi connectivity index (χ1v) is 9.05. The maximum absolute atomic E-state index is 6.39. The summed E-state index contributed by atoms with van der Waals surface area (Å²) in [6.07, 6.45) is 0. The van der Waals surface area contributed by atoms with Crippen molar-refractivity contribution < 1.29 is 9.47 Å². The molecule has 1 aliphatic rings. The molecule has 0 radical (unpaired) electrons. The average molecular weight is 484 g/mol. The highest BCUT2D eigenvalue weighted by atomic mass is 79.9. The minimum atomic E-state index is -0.239. The Balaban J connectivity index is 2.03. The van der Waals surface area contributed by atoms with Crippen molar-refractivity contribution in [3.8, 4) is 11.5 Å². The Morgan fingerprint density at radius 3 is 2.25 bits per heavy atom. The minimum absolute atomic E-state index is 0.239. The molecule has 106 valence electrons. The molecule has 0 spiro atoms. The van der Waals surface area contributed by atoms with Crippen LogP contribution in [0.3, 0.4) is 0 Å². The fraction of sp³-hybridized carbons (Fsp3) is 0.231. The van der Waals surface area contributed by atoms with Crippen LogP contribution in [0.2, 0.25) is 0 Å². The number of thiophene rings is 1. The maximum atomic E-state index is 6.39. The monoisotopic (exact) mass is 481 g/mol. The number of hydrogen-bond acceptors (Lipinski definition) is 4. The largest absolute Gasteiger partial charge is 0.486 e. The molecule has 1 aromatic carbocycles. The summed E-state index contributed by atoms with van der Waals surface area (Å²) < 4.78 is 14.2. The van der Waals surface area contributed by atoms with Crippen molar-refractivity contribution in [3.05, 3.63) is 41.4 Å². The summed E-state index contributed by atoms with van der Waals surface area (Å²) >= 11 is 12.2. The zero-order valence-corrected chi connectivity index (χ0v) is 15.7. The molecule has 0 fully saturated rings. The van der Waals surface area contributed by atoms with Crippen LogP contribution < -0.4 is 15.2 Å². The second-order valence-electron chi connectivity index (χ2n) is 4.27. The Kier molecular flexibility index (Phi) is 4.42. The SMILES string of the molecule is NC(c1cc2c(cc1Br)OCCO2)c1cc(Br)sc1Br. The first-order chi connectivity index (χ1) is 9.56. The lowest BCUT2D eigenvalue weighted by Gasteiger charge is -2.22. The number of rotatable bonds is 2. The van der Waals surface area contributed by atoms with Crippen molar-refractivity contribution in [2.75, 3.05) is 13.2 Å². The number of fused-ring (bicyclic) bond motifs is 1. The molecule has 0 amide bonds. The third-order valence-corrected chi connectivity index (χ3v) is 6.09. The van der Waals surface area contributed by atoms with Crippen LogP contribution in [0, 0.1) is 0 Å². The second-order valence-corrected chi connectivity index (χ2v) is 8.88. The normalized spacial score (nSPS) is 15.2. The zero-order valence-electron chi connectivity index (χ0n) is 10.2. The molecule has 0 aliphatic carbocycles. The summed E-state index contributed by atoms with van der Waals surface area (Å²) in [5.74, 6) is 1.50. The fourth-order valence-electron chi connectivity index (χ4n) is 2.05. The van der Waals surface area contributed by atoms with E-state index in [1.165, 1.54) is 0 Å². The molecule has 2 N–H and O–H groups in total. The zero-order chi connectivity index (χ0) is 14.3. The molecule has 1 aliphatic heterocycles. The molecule has 7 heteroatoms. The van der Waals surface area contributed by atoms with Crippen LogP contribution in [0.25, 0.3) is 0 Å². The van der Waals surface area contributed by atoms with Crippen molar-refractivity contribution in [1.82, 2.24) is 0 Å². The van der Waals surface area contributed by atoms with Crippen molar-refractivity contribution >= 4 is 59.1 Å². The molecule has 0 saturated carbocycles. The summed E-state index contributed by atoms with van der Waals surface area (Å²) in [6, 6.07) is 5.65. The van der Waals surface area contributed by atoms with Gasteiger partial charge in [0, 0.05) is 4.47 Å². The van der Waals surface area contributed by atoms with Crippen LogP contribution in [0.4, 0.5) is 0 Å². The van der Waals surface area contributed by atoms with E-state index in [0.29, 0.717) is 13.2 Å². The average Bonchev–Trinajstić information content (AvgIpc) is 2.76. The predicted octanol–water partition coefficient (Wildman–Crippen LogP) is 4.85. The molecular weight excluding hydrogens is 474 g/mol. The highest BCUT2D eigenvalue weighted by Gasteiger charge is 2.21. The van der Waals surface area contributed by atoms with E-state index in [0.717, 1.165) is 34.7 Å². The van der Waals surface area contributed by atoms with Crippen LogP contribution >= 0.6 is 59.1 Å². The van der Waals surface area contributed by atoms with Gasteiger partial charge < -0.3 is 15.2 Å². The Hall–Kier alpha value is -0.0800. The number of ether oxygens (including phenoxy) is 2. The highest BCUT2D eigenvalue weighted by Crippen LogP contribution is 2.42. The third-order valence-electron chi connectivity index (χ3n) is 3.01. The van der Waals surface area contributed by atoms with Gasteiger partial charge in [-0.1, -0.05) is 15.9 Å². The maximum Gasteiger partial charge on any atom is 0.162 e. The Morgan fingerprint density at radius 1 is 1.00 bits per heavy atom. The van der Waals surface area contributed by atoms with Crippen LogP contribution in [0.5, 0.6) is 11.5 Å². The van der Waals surface area contributed by atoms with Crippen molar-refractivity contribution in [1.29, 1.82) is 0 Å². The first-order valence-electron chi connectivity index (χ1n) is 5.85. The highest BCUT2D eigenvalue weighted by molar-refractivity contribution is 9.12. The number of hydrogen-bond donors (Lipinski definition) is 1. The molecule has 1 atom stereocenters. The Morgan fingerprint density at radius 2 is 1.65 bits per heavy atom. The predicted molar refractivity (Wildman–Crippen MR) is 90.9 cm³/mol. The smallest absolute Gasteiger partial charge is 0.162 e. The summed E-state index contributed by atoms with van der Waals surface area (Å²) in [6.45, 7) is 1.14.